The Morgan fingerprint density at radius 3 is 2.90 bits per heavy atom. The van der Waals surface area contributed by atoms with E-state index in [1.165, 1.54) is 5.12 Å². The topological polar surface area (TPSA) is 53.3 Å². The van der Waals surface area contributed by atoms with Crippen molar-refractivity contribution in [3.05, 3.63) is 24.3 Å². The first-order valence-corrected chi connectivity index (χ1v) is 3.03. The summed E-state index contributed by atoms with van der Waals surface area (Å²) in [4.78, 5) is 0. The molecule has 0 aromatic heterocycles. The lowest BCUT2D eigenvalue weighted by molar-refractivity contribution is 0.764. The summed E-state index contributed by atoms with van der Waals surface area (Å²) in [7, 11) is 0. The van der Waals surface area contributed by atoms with Crippen LogP contribution in [0.2, 0.25) is 0 Å². The molecular formula is C6H8N4. The van der Waals surface area contributed by atoms with Crippen LogP contribution in [0.4, 0.5) is 11.4 Å². The van der Waals surface area contributed by atoms with Crippen molar-refractivity contribution in [2.75, 3.05) is 10.5 Å². The predicted octanol–water partition coefficient (Wildman–Crippen LogP) is 0.212. The molecule has 0 saturated heterocycles. The highest BCUT2D eigenvalue weighted by molar-refractivity contribution is 5.71. The van der Waals surface area contributed by atoms with Crippen molar-refractivity contribution in [2.24, 2.45) is 5.84 Å². The first-order valence-electron chi connectivity index (χ1n) is 3.03. The maximum Gasteiger partial charge on any atom is 0.0963 e. The zero-order valence-corrected chi connectivity index (χ0v) is 5.33. The van der Waals surface area contributed by atoms with Gasteiger partial charge < -0.3 is 5.43 Å². The Bertz CT molecular complexity index is 247. The van der Waals surface area contributed by atoms with Gasteiger partial charge in [0, 0.05) is 0 Å². The molecule has 10 heavy (non-hydrogen) atoms. The first kappa shape index (κ1) is 5.52. The molecule has 1 aliphatic rings. The maximum absolute atomic E-state index is 5.51. The summed E-state index contributed by atoms with van der Waals surface area (Å²) in [5, 5.41) is 1.44. The molecule has 1 aliphatic heterocycles. The Hall–Kier alpha value is -1.26. The average molecular weight is 136 g/mol. The lowest BCUT2D eigenvalue weighted by Crippen LogP contribution is -2.41. The van der Waals surface area contributed by atoms with E-state index in [4.69, 9.17) is 5.84 Å². The number of hydrazine groups is 3. The minimum atomic E-state index is 0.961. The smallest absolute Gasteiger partial charge is 0.0963 e. The van der Waals surface area contributed by atoms with Crippen molar-refractivity contribution < 1.29 is 0 Å². The third kappa shape index (κ3) is 0.632. The van der Waals surface area contributed by atoms with Gasteiger partial charge in [0.05, 0.1) is 11.4 Å². The van der Waals surface area contributed by atoms with Crippen LogP contribution in [-0.4, -0.2) is 0 Å². The van der Waals surface area contributed by atoms with Crippen molar-refractivity contribution >= 4 is 11.4 Å². The number of hydrogen-bond donors (Lipinski definition) is 3. The van der Waals surface area contributed by atoms with Crippen molar-refractivity contribution in [3.63, 3.8) is 0 Å². The van der Waals surface area contributed by atoms with Gasteiger partial charge in [-0.05, 0) is 12.1 Å². The molecule has 0 radical (unpaired) electrons. The molecule has 1 aromatic carbocycles. The molecule has 0 fully saturated rings. The van der Waals surface area contributed by atoms with E-state index in [1.54, 1.807) is 0 Å². The maximum atomic E-state index is 5.51. The monoisotopic (exact) mass is 136 g/mol. The Morgan fingerprint density at radius 2 is 2.10 bits per heavy atom. The molecular weight excluding hydrogens is 128 g/mol. The first-order chi connectivity index (χ1) is 4.88. The van der Waals surface area contributed by atoms with Gasteiger partial charge in [-0.15, -0.1) is 5.53 Å². The minimum absolute atomic E-state index is 0.961. The second kappa shape index (κ2) is 1.86. The molecule has 0 aliphatic carbocycles. The quantitative estimate of drug-likeness (QED) is 0.446. The van der Waals surface area contributed by atoms with E-state index < -0.39 is 0 Å². The van der Waals surface area contributed by atoms with Gasteiger partial charge in [0.1, 0.15) is 0 Å². The second-order valence-electron chi connectivity index (χ2n) is 2.12. The van der Waals surface area contributed by atoms with Gasteiger partial charge in [-0.3, -0.25) is 0 Å². The van der Waals surface area contributed by atoms with Gasteiger partial charge in [-0.1, -0.05) is 12.1 Å². The summed E-state index contributed by atoms with van der Waals surface area (Å²) in [6.07, 6.45) is 0. The van der Waals surface area contributed by atoms with Crippen molar-refractivity contribution in [2.45, 2.75) is 0 Å². The number of benzene rings is 1. The lowest BCUT2D eigenvalue weighted by atomic mass is 10.3. The lowest BCUT2D eigenvalue weighted by Gasteiger charge is -2.07. The Morgan fingerprint density at radius 1 is 1.30 bits per heavy atom. The standard InChI is InChI=1S/C6H8N4/c7-10-6-4-2-1-3-5(6)8-9-10/h1-4,8-9H,7H2. The molecule has 0 amide bonds. The second-order valence-corrected chi connectivity index (χ2v) is 2.12. The highest BCUT2D eigenvalue weighted by atomic mass is 15.8. The van der Waals surface area contributed by atoms with Crippen LogP contribution in [0, 0.1) is 0 Å². The van der Waals surface area contributed by atoms with Crippen LogP contribution in [0.5, 0.6) is 0 Å². The van der Waals surface area contributed by atoms with Gasteiger partial charge in [-0.25, -0.2) is 11.0 Å². The molecule has 4 heteroatoms. The van der Waals surface area contributed by atoms with E-state index in [1.807, 2.05) is 24.3 Å². The van der Waals surface area contributed by atoms with Gasteiger partial charge in [0.25, 0.3) is 0 Å². The number of rotatable bonds is 0. The van der Waals surface area contributed by atoms with Gasteiger partial charge in [-0.2, -0.15) is 0 Å². The predicted molar refractivity (Wildman–Crippen MR) is 39.9 cm³/mol. The highest BCUT2D eigenvalue weighted by Gasteiger charge is 2.12. The molecule has 2 rings (SSSR count). The third-order valence-electron chi connectivity index (χ3n) is 1.47. The summed E-state index contributed by atoms with van der Waals surface area (Å²) in [6.45, 7) is 0. The fraction of sp³-hybridized carbons (Fsp3) is 0. The van der Waals surface area contributed by atoms with Crippen LogP contribution in [0.3, 0.4) is 0 Å². The Balaban J connectivity index is 2.51. The van der Waals surface area contributed by atoms with Crippen LogP contribution in [-0.2, 0) is 0 Å². The number of anilines is 2. The summed E-state index contributed by atoms with van der Waals surface area (Å²) in [6, 6.07) is 7.78. The van der Waals surface area contributed by atoms with E-state index in [9.17, 15) is 0 Å². The zero-order chi connectivity index (χ0) is 6.97. The summed E-state index contributed by atoms with van der Waals surface area (Å²) < 4.78 is 0. The molecule has 4 nitrogen and oxygen atoms in total. The van der Waals surface area contributed by atoms with Crippen LogP contribution in [0.15, 0.2) is 24.3 Å². The SMILES string of the molecule is NN1NNc2ccccc21. The highest BCUT2D eigenvalue weighted by Crippen LogP contribution is 2.25. The normalized spacial score (nSPS) is 14.7. The van der Waals surface area contributed by atoms with E-state index >= 15 is 0 Å². The van der Waals surface area contributed by atoms with E-state index in [-0.39, 0.29) is 0 Å². The molecule has 0 unspecified atom stereocenters. The average Bonchev–Trinajstić information content (AvgIpc) is 2.34. The van der Waals surface area contributed by atoms with Crippen LogP contribution >= 0.6 is 0 Å². The van der Waals surface area contributed by atoms with Crippen LogP contribution < -0.4 is 21.9 Å². The fourth-order valence-electron chi connectivity index (χ4n) is 0.970. The zero-order valence-electron chi connectivity index (χ0n) is 5.33. The summed E-state index contributed by atoms with van der Waals surface area (Å²) >= 11 is 0. The van der Waals surface area contributed by atoms with Crippen LogP contribution in [0.25, 0.3) is 0 Å². The van der Waals surface area contributed by atoms with Gasteiger partial charge in [0.2, 0.25) is 0 Å². The Kier molecular flexibility index (Phi) is 1.03. The molecule has 4 N–H and O–H groups in total. The van der Waals surface area contributed by atoms with E-state index in [0.717, 1.165) is 11.4 Å². The molecule has 0 saturated carbocycles. The molecule has 1 aromatic rings. The summed E-state index contributed by atoms with van der Waals surface area (Å²) in [5.41, 5.74) is 7.61. The van der Waals surface area contributed by atoms with E-state index in [2.05, 4.69) is 11.0 Å². The van der Waals surface area contributed by atoms with Crippen molar-refractivity contribution in [3.8, 4) is 0 Å². The van der Waals surface area contributed by atoms with E-state index in [0.29, 0.717) is 0 Å². The summed E-state index contributed by atoms with van der Waals surface area (Å²) in [5.74, 6) is 5.51. The number of nitrogens with zero attached hydrogens (tertiary/aromatic N) is 1. The number of hydrogen-bond acceptors (Lipinski definition) is 4. The van der Waals surface area contributed by atoms with Gasteiger partial charge >= 0.3 is 0 Å². The minimum Gasteiger partial charge on any atom is -0.300 e. The third-order valence-corrected chi connectivity index (χ3v) is 1.47. The number of fused-ring (bicyclic) bond motifs is 1. The fourth-order valence-corrected chi connectivity index (χ4v) is 0.970. The van der Waals surface area contributed by atoms with Crippen LogP contribution in [0.1, 0.15) is 0 Å². The number of para-hydroxylation sites is 2. The molecule has 52 valence electrons. The molecule has 0 bridgehead atoms. The van der Waals surface area contributed by atoms with Crippen molar-refractivity contribution in [1.29, 1.82) is 0 Å². The van der Waals surface area contributed by atoms with Gasteiger partial charge in [0.15, 0.2) is 0 Å². The Labute approximate surface area is 58.5 Å². The molecule has 0 atom stereocenters. The van der Waals surface area contributed by atoms with Crippen molar-refractivity contribution in [1.82, 2.24) is 5.53 Å². The molecule has 0 spiro atoms. The molecule has 1 heterocycles. The number of nitrogens with one attached hydrogen (secondary N) is 2. The largest absolute Gasteiger partial charge is 0.300 e. The number of nitrogens with two attached hydrogens (primary N) is 1.